The molecule has 0 aliphatic carbocycles. The monoisotopic (exact) mass is 255 g/mol. The number of nitrogens with zero attached hydrogens (tertiary/aromatic N) is 5. The molecule has 19 heavy (non-hydrogen) atoms. The van der Waals surface area contributed by atoms with Crippen LogP contribution in [0.25, 0.3) is 16.6 Å². The van der Waals surface area contributed by atoms with E-state index >= 15 is 0 Å². The van der Waals surface area contributed by atoms with Crippen molar-refractivity contribution >= 4 is 16.9 Å². The molecule has 3 aromatic rings. The van der Waals surface area contributed by atoms with Crippen molar-refractivity contribution in [2.75, 3.05) is 7.11 Å². The molecule has 0 aliphatic heterocycles. The second-order valence-electron chi connectivity index (χ2n) is 3.78. The van der Waals surface area contributed by atoms with E-state index in [-0.39, 0.29) is 0 Å². The molecule has 0 N–H and O–H groups in total. The first-order chi connectivity index (χ1) is 9.31. The Hall–Kier alpha value is -2.83. The van der Waals surface area contributed by atoms with E-state index in [4.69, 9.17) is 4.74 Å². The van der Waals surface area contributed by atoms with Gasteiger partial charge in [-0.15, -0.1) is 5.10 Å². The minimum atomic E-state index is -0.402. The Morgan fingerprint density at radius 1 is 1.32 bits per heavy atom. The number of fused-ring (bicyclic) bond motifs is 1. The van der Waals surface area contributed by atoms with Crippen LogP contribution in [0.5, 0.6) is 0 Å². The van der Waals surface area contributed by atoms with Crippen molar-refractivity contribution in [3.63, 3.8) is 0 Å². The molecule has 0 aliphatic rings. The van der Waals surface area contributed by atoms with Crippen molar-refractivity contribution in [2.45, 2.75) is 0 Å². The van der Waals surface area contributed by atoms with Gasteiger partial charge in [0, 0.05) is 11.6 Å². The molecule has 0 saturated heterocycles. The molecular weight excluding hydrogens is 246 g/mol. The molecule has 0 spiro atoms. The number of methoxy groups -OCH3 is 1. The Kier molecular flexibility index (Phi) is 2.64. The van der Waals surface area contributed by atoms with Crippen LogP contribution in [0.15, 0.2) is 36.8 Å². The summed E-state index contributed by atoms with van der Waals surface area (Å²) in [5.74, 6) is -0.402. The highest BCUT2D eigenvalue weighted by molar-refractivity contribution is 6.05. The molecule has 7 heteroatoms. The Bertz CT molecular complexity index is 739. The van der Waals surface area contributed by atoms with Crippen LogP contribution in [0.3, 0.4) is 0 Å². The van der Waals surface area contributed by atoms with E-state index in [1.54, 1.807) is 24.4 Å². The first-order valence-corrected chi connectivity index (χ1v) is 5.50. The van der Waals surface area contributed by atoms with Gasteiger partial charge in [0.05, 0.1) is 23.9 Å². The SMILES string of the molecule is COC(=O)c1ccc(-n2cnnn2)c2ncccc12. The van der Waals surface area contributed by atoms with Gasteiger partial charge < -0.3 is 4.74 Å². The average Bonchev–Trinajstić information content (AvgIpc) is 2.99. The van der Waals surface area contributed by atoms with Crippen molar-refractivity contribution in [2.24, 2.45) is 0 Å². The molecular formula is C12H9N5O2. The van der Waals surface area contributed by atoms with E-state index in [1.807, 2.05) is 6.07 Å². The zero-order chi connectivity index (χ0) is 13.2. The highest BCUT2D eigenvalue weighted by Crippen LogP contribution is 2.23. The zero-order valence-corrected chi connectivity index (χ0v) is 10.0. The van der Waals surface area contributed by atoms with Gasteiger partial charge in [-0.2, -0.15) is 4.68 Å². The van der Waals surface area contributed by atoms with Crippen molar-refractivity contribution in [1.82, 2.24) is 25.2 Å². The van der Waals surface area contributed by atoms with Crippen molar-refractivity contribution in [3.05, 3.63) is 42.4 Å². The zero-order valence-electron chi connectivity index (χ0n) is 10.0. The summed E-state index contributed by atoms with van der Waals surface area (Å²) < 4.78 is 6.26. The summed E-state index contributed by atoms with van der Waals surface area (Å²) in [6.07, 6.45) is 3.12. The fourth-order valence-electron chi connectivity index (χ4n) is 1.90. The number of benzene rings is 1. The van der Waals surface area contributed by atoms with Crippen LogP contribution in [-0.4, -0.2) is 38.3 Å². The number of pyridine rings is 1. The Morgan fingerprint density at radius 2 is 2.21 bits per heavy atom. The van der Waals surface area contributed by atoms with Crippen LogP contribution in [0, 0.1) is 0 Å². The van der Waals surface area contributed by atoms with Crippen LogP contribution in [0.2, 0.25) is 0 Å². The molecule has 0 saturated carbocycles. The van der Waals surface area contributed by atoms with Crippen molar-refractivity contribution in [3.8, 4) is 5.69 Å². The third-order valence-electron chi connectivity index (χ3n) is 2.75. The summed E-state index contributed by atoms with van der Waals surface area (Å²) in [5.41, 5.74) is 1.80. The van der Waals surface area contributed by atoms with E-state index in [1.165, 1.54) is 18.1 Å². The minimum Gasteiger partial charge on any atom is -0.465 e. The van der Waals surface area contributed by atoms with Gasteiger partial charge in [0.15, 0.2) is 0 Å². The normalized spacial score (nSPS) is 10.6. The van der Waals surface area contributed by atoms with Gasteiger partial charge in [0.2, 0.25) is 0 Å². The fourth-order valence-corrected chi connectivity index (χ4v) is 1.90. The highest BCUT2D eigenvalue weighted by Gasteiger charge is 2.14. The Balaban J connectivity index is 2.31. The lowest BCUT2D eigenvalue weighted by Gasteiger charge is -2.08. The molecule has 0 fully saturated rings. The van der Waals surface area contributed by atoms with Gasteiger partial charge in [-0.25, -0.2) is 4.79 Å². The number of ether oxygens (including phenoxy) is 1. The minimum absolute atomic E-state index is 0.402. The summed E-state index contributed by atoms with van der Waals surface area (Å²) in [7, 11) is 1.35. The van der Waals surface area contributed by atoms with E-state index < -0.39 is 5.97 Å². The number of carbonyl (C=O) groups excluding carboxylic acids is 1. The second-order valence-corrected chi connectivity index (χ2v) is 3.78. The first-order valence-electron chi connectivity index (χ1n) is 5.50. The first kappa shape index (κ1) is 11.3. The predicted octanol–water partition coefficient (Wildman–Crippen LogP) is 0.997. The molecule has 0 radical (unpaired) electrons. The van der Waals surface area contributed by atoms with E-state index in [0.717, 1.165) is 0 Å². The number of esters is 1. The molecule has 0 amide bonds. The number of carbonyl (C=O) groups is 1. The van der Waals surface area contributed by atoms with Gasteiger partial charge in [0.25, 0.3) is 0 Å². The number of aromatic nitrogens is 5. The molecule has 2 heterocycles. The molecule has 0 bridgehead atoms. The summed E-state index contributed by atoms with van der Waals surface area (Å²) in [4.78, 5) is 16.0. The quantitative estimate of drug-likeness (QED) is 0.635. The number of hydrogen-bond acceptors (Lipinski definition) is 6. The van der Waals surface area contributed by atoms with Crippen LogP contribution in [-0.2, 0) is 4.74 Å². The van der Waals surface area contributed by atoms with Crippen LogP contribution in [0.1, 0.15) is 10.4 Å². The molecule has 3 rings (SSSR count). The number of rotatable bonds is 2. The summed E-state index contributed by atoms with van der Waals surface area (Å²) in [5, 5.41) is 11.7. The lowest BCUT2D eigenvalue weighted by atomic mass is 10.1. The van der Waals surface area contributed by atoms with E-state index in [0.29, 0.717) is 22.2 Å². The Morgan fingerprint density at radius 3 is 2.95 bits per heavy atom. The predicted molar refractivity (Wildman–Crippen MR) is 65.8 cm³/mol. The molecule has 1 aromatic carbocycles. The lowest BCUT2D eigenvalue weighted by molar-refractivity contribution is 0.0603. The van der Waals surface area contributed by atoms with Gasteiger partial charge in [0.1, 0.15) is 6.33 Å². The van der Waals surface area contributed by atoms with Crippen molar-refractivity contribution in [1.29, 1.82) is 0 Å². The summed E-state index contributed by atoms with van der Waals surface area (Å²) in [6.45, 7) is 0. The van der Waals surface area contributed by atoms with Crippen molar-refractivity contribution < 1.29 is 9.53 Å². The average molecular weight is 255 g/mol. The maximum atomic E-state index is 11.7. The van der Waals surface area contributed by atoms with Gasteiger partial charge in [-0.05, 0) is 28.6 Å². The standard InChI is InChI=1S/C12H9N5O2/c1-19-12(18)9-4-5-10(17-7-14-15-16-17)11-8(9)3-2-6-13-11/h2-7H,1H3. The molecule has 0 atom stereocenters. The third-order valence-corrected chi connectivity index (χ3v) is 2.75. The van der Waals surface area contributed by atoms with Gasteiger partial charge in [-0.3, -0.25) is 4.98 Å². The fraction of sp³-hybridized carbons (Fsp3) is 0.0833. The maximum Gasteiger partial charge on any atom is 0.338 e. The third kappa shape index (κ3) is 1.81. The lowest BCUT2D eigenvalue weighted by Crippen LogP contribution is -2.05. The molecule has 94 valence electrons. The number of tetrazole rings is 1. The van der Waals surface area contributed by atoms with Gasteiger partial charge >= 0.3 is 5.97 Å². The molecule has 7 nitrogen and oxygen atoms in total. The topological polar surface area (TPSA) is 82.8 Å². The number of hydrogen-bond donors (Lipinski definition) is 0. The van der Waals surface area contributed by atoms with Crippen LogP contribution < -0.4 is 0 Å². The maximum absolute atomic E-state index is 11.7. The Labute approximate surface area is 107 Å². The largest absolute Gasteiger partial charge is 0.465 e. The highest BCUT2D eigenvalue weighted by atomic mass is 16.5. The van der Waals surface area contributed by atoms with E-state index in [9.17, 15) is 4.79 Å². The summed E-state index contributed by atoms with van der Waals surface area (Å²) in [6, 6.07) is 6.98. The smallest absolute Gasteiger partial charge is 0.338 e. The molecule has 0 unspecified atom stereocenters. The molecule has 2 aromatic heterocycles. The van der Waals surface area contributed by atoms with Crippen LogP contribution in [0.4, 0.5) is 0 Å². The summed E-state index contributed by atoms with van der Waals surface area (Å²) >= 11 is 0. The van der Waals surface area contributed by atoms with E-state index in [2.05, 4.69) is 20.5 Å². The second kappa shape index (κ2) is 4.45. The van der Waals surface area contributed by atoms with Gasteiger partial charge in [-0.1, -0.05) is 6.07 Å². The van der Waals surface area contributed by atoms with Crippen LogP contribution >= 0.6 is 0 Å².